The maximum atomic E-state index is 12.1. The number of carbonyl (C=O) groups is 2. The maximum Gasteiger partial charge on any atom is 0.384 e. The van der Waals surface area contributed by atoms with Crippen molar-refractivity contribution in [1.82, 2.24) is 4.31 Å². The van der Waals surface area contributed by atoms with Crippen molar-refractivity contribution < 1.29 is 31.7 Å². The van der Waals surface area contributed by atoms with Gasteiger partial charge in [0.25, 0.3) is 0 Å². The fourth-order valence-corrected chi connectivity index (χ4v) is 11.6. The average molecular weight is 990 g/mol. The van der Waals surface area contributed by atoms with Gasteiger partial charge in [-0.05, 0) is 129 Å². The van der Waals surface area contributed by atoms with Crippen molar-refractivity contribution in [3.05, 3.63) is 197 Å². The largest absolute Gasteiger partial charge is 0.427 e. The summed E-state index contributed by atoms with van der Waals surface area (Å²) in [6.45, 7) is 7.04. The van der Waals surface area contributed by atoms with E-state index in [9.17, 15) is 18.0 Å². The van der Waals surface area contributed by atoms with Crippen LogP contribution in [0.25, 0.3) is 0 Å². The summed E-state index contributed by atoms with van der Waals surface area (Å²) < 4.78 is 40.6. The lowest BCUT2D eigenvalue weighted by Crippen LogP contribution is -2.30. The molecule has 9 heteroatoms. The van der Waals surface area contributed by atoms with Gasteiger partial charge < -0.3 is 13.7 Å². The summed E-state index contributed by atoms with van der Waals surface area (Å²) in [5.41, 5.74) is 7.73. The van der Waals surface area contributed by atoms with Crippen LogP contribution in [0.15, 0.2) is 164 Å². The Morgan fingerprint density at radius 2 is 0.694 bits per heavy atom. The molecule has 0 unspecified atom stereocenters. The Bertz CT molecular complexity index is 2730. The second-order valence-electron chi connectivity index (χ2n) is 21.2. The molecule has 3 aliphatic carbocycles. The van der Waals surface area contributed by atoms with Gasteiger partial charge in [-0.15, -0.1) is 0 Å². The van der Waals surface area contributed by atoms with Gasteiger partial charge in [0.2, 0.25) is 0 Å². The maximum absolute atomic E-state index is 12.1. The van der Waals surface area contributed by atoms with Gasteiger partial charge in [-0.2, -0.15) is 12.7 Å². The summed E-state index contributed by atoms with van der Waals surface area (Å²) >= 11 is 0. The van der Waals surface area contributed by atoms with Gasteiger partial charge in [0.15, 0.2) is 0 Å². The molecular formula is C63H75NO7S. The highest BCUT2D eigenvalue weighted by atomic mass is 32.2. The van der Waals surface area contributed by atoms with Gasteiger partial charge in [-0.1, -0.05) is 185 Å². The first-order valence-corrected chi connectivity index (χ1v) is 27.4. The smallest absolute Gasteiger partial charge is 0.384 e. The summed E-state index contributed by atoms with van der Waals surface area (Å²) in [5, 5.41) is 0. The highest BCUT2D eigenvalue weighted by Gasteiger charge is 2.38. The summed E-state index contributed by atoms with van der Waals surface area (Å²) in [6, 6.07) is 56.1. The Morgan fingerprint density at radius 1 is 0.417 bits per heavy atom. The molecule has 72 heavy (non-hydrogen) atoms. The Balaban J connectivity index is 0.000000159. The summed E-state index contributed by atoms with van der Waals surface area (Å²) in [5.74, 6) is 1.12. The van der Waals surface area contributed by atoms with Crippen LogP contribution in [-0.2, 0) is 36.1 Å². The fraction of sp³-hybridized carbons (Fsp3) is 0.397. The molecule has 0 aromatic heterocycles. The highest BCUT2D eigenvalue weighted by Crippen LogP contribution is 2.48. The Morgan fingerprint density at radius 3 is 0.972 bits per heavy atom. The van der Waals surface area contributed by atoms with Gasteiger partial charge in [0.05, 0.1) is 5.41 Å². The monoisotopic (exact) mass is 990 g/mol. The van der Waals surface area contributed by atoms with Crippen molar-refractivity contribution in [2.75, 3.05) is 14.1 Å². The van der Waals surface area contributed by atoms with Crippen LogP contribution in [-0.4, -0.2) is 38.8 Å². The van der Waals surface area contributed by atoms with E-state index < -0.39 is 15.7 Å². The van der Waals surface area contributed by atoms with Crippen molar-refractivity contribution in [2.24, 2.45) is 5.41 Å². The molecule has 8 nitrogen and oxygen atoms in total. The van der Waals surface area contributed by atoms with E-state index in [2.05, 4.69) is 109 Å². The predicted octanol–water partition coefficient (Wildman–Crippen LogP) is 14.9. The average Bonchev–Trinajstić information content (AvgIpc) is 3.40. The molecule has 3 fully saturated rings. The molecule has 0 aliphatic heterocycles. The molecule has 0 bridgehead atoms. The lowest BCUT2D eigenvalue weighted by molar-refractivity contribution is -0.143. The van der Waals surface area contributed by atoms with Crippen LogP contribution in [0.3, 0.4) is 0 Å². The highest BCUT2D eigenvalue weighted by molar-refractivity contribution is 7.84. The number of esters is 2. The Labute approximate surface area is 430 Å². The third kappa shape index (κ3) is 13.1. The molecule has 0 amide bonds. The van der Waals surface area contributed by atoms with Gasteiger partial charge in [-0.25, -0.2) is 0 Å². The van der Waals surface area contributed by atoms with Crippen LogP contribution in [0, 0.1) is 5.41 Å². The standard InChI is InChI=1S/C23H28O2.C20H25NO3S.C20H22O2/c1-22(2,3)21(24)25-20-14-12-19(13-15-20)23(16-8-5-9-17-23)18-10-6-4-7-11-18;1-21(2)25(22,23)24-19-13-11-18(12-14-19)20(15-7-4-8-16-20)17-9-5-3-6-10-17;1-16(21)22-19-12-10-18(11-13-19)20(14-6-3-7-15-20)17-8-4-2-5-9-17/h4,6-7,10-15H,5,8-9,16-17H2,1-3H3;3,5-6,9-14H,4,7-8,15-16H2,1-2H3;2,4-5,8-13H,3,6-7,14-15H2,1H3. The minimum Gasteiger partial charge on any atom is -0.427 e. The number of rotatable bonds is 11. The lowest BCUT2D eigenvalue weighted by Gasteiger charge is -2.38. The minimum absolute atomic E-state index is 0.0124. The zero-order valence-electron chi connectivity index (χ0n) is 43.4. The van der Waals surface area contributed by atoms with Gasteiger partial charge in [0, 0.05) is 37.3 Å². The van der Waals surface area contributed by atoms with Crippen LogP contribution < -0.4 is 13.7 Å². The molecule has 3 saturated carbocycles. The number of hydrogen-bond acceptors (Lipinski definition) is 7. The van der Waals surface area contributed by atoms with Gasteiger partial charge in [0.1, 0.15) is 17.2 Å². The zero-order valence-corrected chi connectivity index (χ0v) is 44.2. The lowest BCUT2D eigenvalue weighted by atomic mass is 9.65. The second kappa shape index (κ2) is 24.1. The van der Waals surface area contributed by atoms with Crippen molar-refractivity contribution in [3.8, 4) is 17.2 Å². The van der Waals surface area contributed by atoms with E-state index in [1.54, 1.807) is 12.1 Å². The predicted molar refractivity (Wildman–Crippen MR) is 290 cm³/mol. The molecule has 0 saturated heterocycles. The minimum atomic E-state index is -3.72. The molecule has 0 N–H and O–H groups in total. The van der Waals surface area contributed by atoms with Crippen LogP contribution in [0.5, 0.6) is 17.2 Å². The first-order chi connectivity index (χ1) is 34.6. The quantitative estimate of drug-likeness (QED) is 0.0941. The topological polar surface area (TPSA) is 99.2 Å². The molecule has 6 aromatic carbocycles. The van der Waals surface area contributed by atoms with Crippen LogP contribution in [0.4, 0.5) is 0 Å². The zero-order chi connectivity index (χ0) is 51.2. The molecular weight excluding hydrogens is 915 g/mol. The Kier molecular flexibility index (Phi) is 18.0. The van der Waals surface area contributed by atoms with Crippen LogP contribution in [0.1, 0.15) is 157 Å². The molecule has 0 atom stereocenters. The van der Waals surface area contributed by atoms with Crippen LogP contribution >= 0.6 is 0 Å². The summed E-state index contributed by atoms with van der Waals surface area (Å²) in [4.78, 5) is 23.1. The van der Waals surface area contributed by atoms with Gasteiger partial charge in [-0.3, -0.25) is 9.59 Å². The number of benzene rings is 6. The number of carbonyl (C=O) groups excluding carboxylic acids is 2. The normalized spacial score (nSPS) is 17.2. The third-order valence-electron chi connectivity index (χ3n) is 15.1. The van der Waals surface area contributed by atoms with Gasteiger partial charge >= 0.3 is 22.2 Å². The third-order valence-corrected chi connectivity index (χ3v) is 16.4. The van der Waals surface area contributed by atoms with E-state index in [-0.39, 0.29) is 28.2 Å². The molecule has 6 aromatic rings. The Hall–Kier alpha value is -6.03. The van der Waals surface area contributed by atoms with E-state index in [0.717, 1.165) is 17.1 Å². The molecule has 0 spiro atoms. The molecule has 380 valence electrons. The second-order valence-corrected chi connectivity index (χ2v) is 22.9. The molecule has 9 rings (SSSR count). The van der Waals surface area contributed by atoms with Crippen molar-refractivity contribution in [1.29, 1.82) is 0 Å². The van der Waals surface area contributed by atoms with Crippen molar-refractivity contribution >= 4 is 22.2 Å². The van der Waals surface area contributed by atoms with E-state index >= 15 is 0 Å². The fourth-order valence-electron chi connectivity index (χ4n) is 11.1. The molecule has 3 aliphatic rings. The van der Waals surface area contributed by atoms with E-state index in [0.29, 0.717) is 17.2 Å². The van der Waals surface area contributed by atoms with Crippen molar-refractivity contribution in [2.45, 2.75) is 140 Å². The molecule has 0 radical (unpaired) electrons. The SMILES string of the molecule is CC(=O)Oc1ccc(C2(c3ccccc3)CCCCC2)cc1.CC(C)(C)C(=O)Oc1ccc(C2(c3ccccc3)CCCCC2)cc1.CN(C)S(=O)(=O)Oc1ccc(C2(c3ccccc3)CCCCC2)cc1. The van der Waals surface area contributed by atoms with E-state index in [4.69, 9.17) is 13.7 Å². The first-order valence-electron chi connectivity index (χ1n) is 26.1. The van der Waals surface area contributed by atoms with Crippen molar-refractivity contribution in [3.63, 3.8) is 0 Å². The number of hydrogen-bond donors (Lipinski definition) is 0. The van der Waals surface area contributed by atoms with E-state index in [1.807, 2.05) is 63.2 Å². The summed E-state index contributed by atoms with van der Waals surface area (Å²) in [7, 11) is -0.814. The summed E-state index contributed by atoms with van der Waals surface area (Å²) in [6.07, 6.45) is 18.3. The number of nitrogens with zero attached hydrogens (tertiary/aromatic N) is 1. The number of ether oxygens (including phenoxy) is 2. The van der Waals surface area contributed by atoms with E-state index in [1.165, 1.54) is 138 Å². The molecule has 0 heterocycles. The van der Waals surface area contributed by atoms with Crippen LogP contribution in [0.2, 0.25) is 0 Å². The first kappa shape index (κ1) is 53.8.